The number of nitro groups is 1. The Morgan fingerprint density at radius 1 is 1.13 bits per heavy atom. The second-order valence-corrected chi connectivity index (χ2v) is 6.87. The Hall–Kier alpha value is -3.66. The summed E-state index contributed by atoms with van der Waals surface area (Å²) in [6.45, 7) is 2.50. The molecule has 2 aliphatic heterocycles. The molecule has 2 aromatic rings. The van der Waals surface area contributed by atoms with Gasteiger partial charge in [0.25, 0.3) is 11.6 Å². The second-order valence-electron chi connectivity index (χ2n) is 6.87. The molecule has 0 atom stereocenters. The van der Waals surface area contributed by atoms with Gasteiger partial charge in [0.2, 0.25) is 5.91 Å². The van der Waals surface area contributed by atoms with Crippen LogP contribution in [0.25, 0.3) is 0 Å². The maximum Gasteiger partial charge on any atom is 0.271 e. The van der Waals surface area contributed by atoms with E-state index < -0.39 is 16.7 Å². The third-order valence-corrected chi connectivity index (χ3v) is 4.93. The van der Waals surface area contributed by atoms with Gasteiger partial charge in [-0.3, -0.25) is 24.6 Å². The lowest BCUT2D eigenvalue weighted by molar-refractivity contribution is -0.384. The number of anilines is 3. The molecule has 10 heteroatoms. The lowest BCUT2D eigenvalue weighted by Gasteiger charge is -2.29. The van der Waals surface area contributed by atoms with Gasteiger partial charge < -0.3 is 19.7 Å². The van der Waals surface area contributed by atoms with E-state index in [2.05, 4.69) is 10.2 Å². The van der Waals surface area contributed by atoms with Crippen LogP contribution in [0.1, 0.15) is 0 Å². The van der Waals surface area contributed by atoms with Gasteiger partial charge in [-0.1, -0.05) is 0 Å². The first-order valence-corrected chi connectivity index (χ1v) is 9.45. The number of carbonyl (C=O) groups excluding carboxylic acids is 2. The molecule has 30 heavy (non-hydrogen) atoms. The Labute approximate surface area is 172 Å². The number of morpholine rings is 1. The average molecular weight is 412 g/mol. The summed E-state index contributed by atoms with van der Waals surface area (Å²) in [6.07, 6.45) is 0. The SMILES string of the molecule is O=C(CN1C(=O)COc2ccc([N+](=O)[O-])cc21)Nc1ccc(N2CCOCC2)cc1. The fourth-order valence-electron chi connectivity index (χ4n) is 3.40. The van der Waals surface area contributed by atoms with Crippen molar-refractivity contribution >= 4 is 34.6 Å². The third kappa shape index (κ3) is 4.18. The predicted octanol–water partition coefficient (Wildman–Crippen LogP) is 1.80. The lowest BCUT2D eigenvalue weighted by atomic mass is 10.2. The highest BCUT2D eigenvalue weighted by atomic mass is 16.6. The minimum atomic E-state index is -0.562. The summed E-state index contributed by atoms with van der Waals surface area (Å²) in [5, 5.41) is 13.8. The van der Waals surface area contributed by atoms with Crippen LogP contribution in [0.3, 0.4) is 0 Å². The molecule has 0 bridgehead atoms. The fraction of sp³-hybridized carbons (Fsp3) is 0.300. The summed E-state index contributed by atoms with van der Waals surface area (Å²) < 4.78 is 10.7. The van der Waals surface area contributed by atoms with Crippen LogP contribution in [0.2, 0.25) is 0 Å². The van der Waals surface area contributed by atoms with E-state index in [1.165, 1.54) is 23.1 Å². The molecule has 0 spiro atoms. The Balaban J connectivity index is 1.44. The molecule has 156 valence electrons. The largest absolute Gasteiger partial charge is 0.482 e. The van der Waals surface area contributed by atoms with Gasteiger partial charge in [0, 0.05) is 36.6 Å². The van der Waals surface area contributed by atoms with Gasteiger partial charge in [-0.05, 0) is 30.3 Å². The van der Waals surface area contributed by atoms with Crippen LogP contribution in [0.4, 0.5) is 22.7 Å². The summed E-state index contributed by atoms with van der Waals surface area (Å²) in [6, 6.07) is 11.4. The first-order chi connectivity index (χ1) is 14.5. The van der Waals surface area contributed by atoms with E-state index in [-0.39, 0.29) is 24.5 Å². The van der Waals surface area contributed by atoms with Crippen LogP contribution >= 0.6 is 0 Å². The number of benzene rings is 2. The van der Waals surface area contributed by atoms with Crippen LogP contribution in [0.5, 0.6) is 5.75 Å². The highest BCUT2D eigenvalue weighted by Gasteiger charge is 2.29. The number of ether oxygens (including phenoxy) is 2. The Kier molecular flexibility index (Phi) is 5.48. The van der Waals surface area contributed by atoms with Crippen LogP contribution in [0.15, 0.2) is 42.5 Å². The molecule has 2 aliphatic rings. The molecule has 0 aliphatic carbocycles. The molecule has 1 N–H and O–H groups in total. The second kappa shape index (κ2) is 8.37. The summed E-state index contributed by atoms with van der Waals surface area (Å²) in [7, 11) is 0. The zero-order chi connectivity index (χ0) is 21.1. The van der Waals surface area contributed by atoms with Crippen molar-refractivity contribution in [3.05, 3.63) is 52.6 Å². The quantitative estimate of drug-likeness (QED) is 0.588. The Morgan fingerprint density at radius 3 is 2.57 bits per heavy atom. The van der Waals surface area contributed by atoms with Gasteiger partial charge in [0.05, 0.1) is 23.8 Å². The summed E-state index contributed by atoms with van der Waals surface area (Å²) in [5.41, 5.74) is 1.66. The molecule has 2 heterocycles. The minimum absolute atomic E-state index is 0.184. The van der Waals surface area contributed by atoms with E-state index in [0.29, 0.717) is 24.7 Å². The van der Waals surface area contributed by atoms with E-state index in [9.17, 15) is 19.7 Å². The van der Waals surface area contributed by atoms with Crippen molar-refractivity contribution in [1.82, 2.24) is 0 Å². The number of nitrogens with zero attached hydrogens (tertiary/aromatic N) is 3. The molecule has 2 amide bonds. The first kappa shape index (κ1) is 19.6. The highest BCUT2D eigenvalue weighted by Crippen LogP contribution is 2.35. The zero-order valence-corrected chi connectivity index (χ0v) is 16.1. The molecular weight excluding hydrogens is 392 g/mol. The zero-order valence-electron chi connectivity index (χ0n) is 16.1. The average Bonchev–Trinajstić information content (AvgIpc) is 2.76. The first-order valence-electron chi connectivity index (χ1n) is 9.45. The van der Waals surface area contributed by atoms with Crippen LogP contribution in [-0.4, -0.2) is 56.2 Å². The Bertz CT molecular complexity index is 972. The summed E-state index contributed by atoms with van der Waals surface area (Å²) in [4.78, 5) is 38.7. The summed E-state index contributed by atoms with van der Waals surface area (Å²) >= 11 is 0. The summed E-state index contributed by atoms with van der Waals surface area (Å²) in [5.74, 6) is -0.537. The van der Waals surface area contributed by atoms with Crippen LogP contribution in [0, 0.1) is 10.1 Å². The smallest absolute Gasteiger partial charge is 0.271 e. The van der Waals surface area contributed by atoms with E-state index in [0.717, 1.165) is 18.8 Å². The monoisotopic (exact) mass is 412 g/mol. The molecule has 2 aromatic carbocycles. The van der Waals surface area contributed by atoms with Gasteiger partial charge in [-0.15, -0.1) is 0 Å². The van der Waals surface area contributed by atoms with Crippen molar-refractivity contribution in [3.8, 4) is 5.75 Å². The molecule has 1 fully saturated rings. The lowest BCUT2D eigenvalue weighted by Crippen LogP contribution is -2.43. The maximum atomic E-state index is 12.5. The van der Waals surface area contributed by atoms with Gasteiger partial charge >= 0.3 is 0 Å². The van der Waals surface area contributed by atoms with Crippen LogP contribution < -0.4 is 19.9 Å². The number of carbonyl (C=O) groups is 2. The van der Waals surface area contributed by atoms with E-state index >= 15 is 0 Å². The van der Waals surface area contributed by atoms with Gasteiger partial charge in [0.1, 0.15) is 12.3 Å². The van der Waals surface area contributed by atoms with E-state index in [1.54, 1.807) is 12.1 Å². The van der Waals surface area contributed by atoms with Crippen LogP contribution in [-0.2, 0) is 14.3 Å². The number of hydrogen-bond acceptors (Lipinski definition) is 7. The Morgan fingerprint density at radius 2 is 1.87 bits per heavy atom. The predicted molar refractivity (Wildman–Crippen MR) is 109 cm³/mol. The van der Waals surface area contributed by atoms with Crippen molar-refractivity contribution in [3.63, 3.8) is 0 Å². The van der Waals surface area contributed by atoms with Crippen molar-refractivity contribution in [2.75, 3.05) is 54.6 Å². The standard InChI is InChI=1S/C20H20N4O6/c25-19(21-14-1-3-15(4-2-14)22-7-9-29-10-8-22)12-23-17-11-16(24(27)28)5-6-18(17)30-13-20(23)26/h1-6,11H,7-10,12-13H2,(H,21,25). The minimum Gasteiger partial charge on any atom is -0.482 e. The molecule has 0 aromatic heterocycles. The normalized spacial score (nSPS) is 15.9. The van der Waals surface area contributed by atoms with Crippen molar-refractivity contribution in [2.24, 2.45) is 0 Å². The van der Waals surface area contributed by atoms with Crippen molar-refractivity contribution in [2.45, 2.75) is 0 Å². The van der Waals surface area contributed by atoms with Gasteiger partial charge in [-0.25, -0.2) is 0 Å². The maximum absolute atomic E-state index is 12.5. The third-order valence-electron chi connectivity index (χ3n) is 4.93. The number of nitro benzene ring substituents is 1. The van der Waals surface area contributed by atoms with Crippen molar-refractivity contribution in [1.29, 1.82) is 0 Å². The van der Waals surface area contributed by atoms with Gasteiger partial charge in [0.15, 0.2) is 6.61 Å². The number of amides is 2. The van der Waals surface area contributed by atoms with E-state index in [4.69, 9.17) is 9.47 Å². The fourth-order valence-corrected chi connectivity index (χ4v) is 3.40. The molecule has 0 radical (unpaired) electrons. The number of hydrogen-bond donors (Lipinski definition) is 1. The molecule has 0 unspecified atom stereocenters. The van der Waals surface area contributed by atoms with Crippen molar-refractivity contribution < 1.29 is 24.0 Å². The number of nitrogens with one attached hydrogen (secondary N) is 1. The highest BCUT2D eigenvalue weighted by molar-refractivity contribution is 6.05. The molecule has 4 rings (SSSR count). The number of non-ortho nitro benzene ring substituents is 1. The molecule has 10 nitrogen and oxygen atoms in total. The number of rotatable bonds is 5. The molecule has 0 saturated carbocycles. The topological polar surface area (TPSA) is 114 Å². The van der Waals surface area contributed by atoms with Gasteiger partial charge in [-0.2, -0.15) is 0 Å². The molecule has 1 saturated heterocycles. The molecular formula is C20H20N4O6. The number of fused-ring (bicyclic) bond motifs is 1. The van der Waals surface area contributed by atoms with E-state index in [1.807, 2.05) is 12.1 Å².